The zero-order chi connectivity index (χ0) is 16.7. The van der Waals surface area contributed by atoms with Gasteiger partial charge >= 0.3 is 11.9 Å². The Hall–Kier alpha value is -2.27. The van der Waals surface area contributed by atoms with Gasteiger partial charge < -0.3 is 9.84 Å². The highest BCUT2D eigenvalue weighted by Gasteiger charge is 2.64. The third-order valence-electron chi connectivity index (χ3n) is 5.64. The van der Waals surface area contributed by atoms with E-state index in [9.17, 15) is 19.5 Å². The van der Waals surface area contributed by atoms with Crippen LogP contribution in [0.4, 0.5) is 0 Å². The fourth-order valence-electron chi connectivity index (χ4n) is 4.19. The molecule has 1 saturated heterocycles. The number of cyclic esters (lactones) is 2. The number of carbonyl (C=O) groups excluding carboxylic acids is 3. The quantitative estimate of drug-likeness (QED) is 0.446. The molecule has 1 aliphatic heterocycles. The van der Waals surface area contributed by atoms with Gasteiger partial charge in [-0.25, -0.2) is 0 Å². The number of aryl methyl sites for hydroxylation is 1. The first-order valence-electron chi connectivity index (χ1n) is 7.60. The Morgan fingerprint density at radius 2 is 1.78 bits per heavy atom. The van der Waals surface area contributed by atoms with Crippen LogP contribution < -0.4 is 0 Å². The van der Waals surface area contributed by atoms with Gasteiger partial charge in [-0.2, -0.15) is 0 Å². The van der Waals surface area contributed by atoms with Crippen LogP contribution in [0.25, 0.3) is 0 Å². The molecule has 4 aliphatic rings. The van der Waals surface area contributed by atoms with Crippen LogP contribution in [0.5, 0.6) is 0 Å². The molecule has 1 fully saturated rings. The van der Waals surface area contributed by atoms with E-state index in [2.05, 4.69) is 0 Å². The average Bonchev–Trinajstić information content (AvgIpc) is 2.71. The number of carbonyl (C=O) groups is 3. The van der Waals surface area contributed by atoms with Gasteiger partial charge in [-0.15, -0.1) is 0 Å². The molecule has 2 bridgehead atoms. The van der Waals surface area contributed by atoms with Crippen LogP contribution >= 0.6 is 0 Å². The molecule has 0 aromatic heterocycles. The lowest BCUT2D eigenvalue weighted by Crippen LogP contribution is -2.50. The number of rotatable bonds is 0. The van der Waals surface area contributed by atoms with E-state index >= 15 is 0 Å². The number of esters is 2. The van der Waals surface area contributed by atoms with E-state index in [1.54, 1.807) is 6.08 Å². The van der Waals surface area contributed by atoms with Crippen molar-refractivity contribution in [3.05, 3.63) is 46.0 Å². The fourth-order valence-corrected chi connectivity index (χ4v) is 4.19. The summed E-state index contributed by atoms with van der Waals surface area (Å²) < 4.78 is 4.73. The first-order chi connectivity index (χ1) is 10.8. The zero-order valence-corrected chi connectivity index (χ0v) is 13.0. The highest BCUT2D eigenvalue weighted by atomic mass is 16.6. The topological polar surface area (TPSA) is 80.7 Å². The molecule has 1 aromatic carbocycles. The Balaban J connectivity index is 2.09. The van der Waals surface area contributed by atoms with Crippen molar-refractivity contribution in [2.45, 2.75) is 32.3 Å². The van der Waals surface area contributed by atoms with E-state index < -0.39 is 41.1 Å². The fraction of sp³-hybridized carbons (Fsp3) is 0.389. The Morgan fingerprint density at radius 1 is 1.09 bits per heavy atom. The molecule has 0 spiro atoms. The average molecular weight is 312 g/mol. The summed E-state index contributed by atoms with van der Waals surface area (Å²) in [6, 6.07) is 1.88. The van der Waals surface area contributed by atoms with Gasteiger partial charge in [0.15, 0.2) is 11.4 Å². The largest absolute Gasteiger partial charge is 0.393 e. The molecule has 23 heavy (non-hydrogen) atoms. The molecule has 4 atom stereocenters. The molecular weight excluding hydrogens is 296 g/mol. The second kappa shape index (κ2) is 4.17. The number of hydrogen-bond donors (Lipinski definition) is 1. The van der Waals surface area contributed by atoms with Crippen molar-refractivity contribution in [1.82, 2.24) is 0 Å². The van der Waals surface area contributed by atoms with Gasteiger partial charge in [0.25, 0.3) is 0 Å². The number of Topliss-reactive ketones (excluding diaryl/α,β-unsaturated/α-hetero) is 1. The normalized spacial score (nSPS) is 34.3. The van der Waals surface area contributed by atoms with E-state index in [0.717, 1.165) is 16.7 Å². The van der Waals surface area contributed by atoms with Crippen LogP contribution in [0.15, 0.2) is 18.2 Å². The van der Waals surface area contributed by atoms with Crippen LogP contribution in [-0.4, -0.2) is 28.4 Å². The maximum Gasteiger partial charge on any atom is 0.321 e. The summed E-state index contributed by atoms with van der Waals surface area (Å²) in [5, 5.41) is 11.0. The molecule has 5 rings (SSSR count). The van der Waals surface area contributed by atoms with Crippen molar-refractivity contribution in [2.75, 3.05) is 0 Å². The first-order valence-corrected chi connectivity index (χ1v) is 7.60. The summed E-state index contributed by atoms with van der Waals surface area (Å²) in [6.45, 7) is 5.70. The number of benzene rings is 1. The van der Waals surface area contributed by atoms with Gasteiger partial charge in [0, 0.05) is 11.5 Å². The van der Waals surface area contributed by atoms with Crippen molar-refractivity contribution < 1.29 is 24.2 Å². The summed E-state index contributed by atoms with van der Waals surface area (Å²) in [6.07, 6.45) is 3.03. The number of allylic oxidation sites excluding steroid dienone is 1. The van der Waals surface area contributed by atoms with E-state index in [-0.39, 0.29) is 0 Å². The maximum absolute atomic E-state index is 13.1. The van der Waals surface area contributed by atoms with Crippen LogP contribution in [-0.2, 0) is 14.3 Å². The minimum Gasteiger partial charge on any atom is -0.393 e. The summed E-state index contributed by atoms with van der Waals surface area (Å²) in [4.78, 5) is 37.3. The third-order valence-corrected chi connectivity index (χ3v) is 5.64. The number of ether oxygens (including phenoxy) is 1. The molecule has 3 aliphatic carbocycles. The van der Waals surface area contributed by atoms with E-state index in [0.29, 0.717) is 11.1 Å². The van der Waals surface area contributed by atoms with Gasteiger partial charge in [-0.05, 0) is 49.1 Å². The van der Waals surface area contributed by atoms with Crippen molar-refractivity contribution >= 4 is 17.7 Å². The molecule has 4 unspecified atom stereocenters. The number of ketones is 1. The molecule has 1 N–H and O–H groups in total. The van der Waals surface area contributed by atoms with Crippen molar-refractivity contribution in [3.8, 4) is 0 Å². The third kappa shape index (κ3) is 1.53. The van der Waals surface area contributed by atoms with Crippen molar-refractivity contribution in [1.29, 1.82) is 0 Å². The lowest BCUT2D eigenvalue weighted by Gasteiger charge is -2.32. The molecular formula is C18H16O5. The highest BCUT2D eigenvalue weighted by Crippen LogP contribution is 2.52. The monoisotopic (exact) mass is 312 g/mol. The van der Waals surface area contributed by atoms with Gasteiger partial charge in [0.1, 0.15) is 5.92 Å². The lowest BCUT2D eigenvalue weighted by molar-refractivity contribution is -0.154. The molecule has 5 nitrogen and oxygen atoms in total. The number of hydrogen-bond acceptors (Lipinski definition) is 5. The second-order valence-electron chi connectivity index (χ2n) is 6.69. The van der Waals surface area contributed by atoms with E-state index in [1.807, 2.05) is 26.8 Å². The highest BCUT2D eigenvalue weighted by molar-refractivity contribution is 6.13. The van der Waals surface area contributed by atoms with Crippen LogP contribution in [0.1, 0.15) is 38.5 Å². The number of aliphatic hydroxyl groups is 1. The van der Waals surface area contributed by atoms with E-state index in [4.69, 9.17) is 4.74 Å². The molecule has 0 saturated carbocycles. The second-order valence-corrected chi connectivity index (χ2v) is 6.69. The van der Waals surface area contributed by atoms with Gasteiger partial charge in [0.2, 0.25) is 0 Å². The van der Waals surface area contributed by atoms with Gasteiger partial charge in [-0.3, -0.25) is 14.4 Å². The van der Waals surface area contributed by atoms with E-state index in [1.165, 1.54) is 6.08 Å². The molecule has 1 heterocycles. The first kappa shape index (κ1) is 14.3. The SMILES string of the molecule is Cc1cc2c(c(C)c1C)C(=O)C1(O)C=CC2C2C(=O)OC(=O)C21. The predicted octanol–water partition coefficient (Wildman–Crippen LogP) is 1.51. The summed E-state index contributed by atoms with van der Waals surface area (Å²) in [7, 11) is 0. The molecule has 1 aromatic rings. The van der Waals surface area contributed by atoms with Crippen LogP contribution in [0, 0.1) is 32.6 Å². The lowest BCUT2D eigenvalue weighted by atomic mass is 9.69. The Kier molecular flexibility index (Phi) is 2.60. The summed E-state index contributed by atoms with van der Waals surface area (Å²) in [5.74, 6) is -4.44. The molecule has 118 valence electrons. The summed E-state index contributed by atoms with van der Waals surface area (Å²) >= 11 is 0. The van der Waals surface area contributed by atoms with Crippen LogP contribution in [0.3, 0.4) is 0 Å². The Bertz CT molecular complexity index is 834. The van der Waals surface area contributed by atoms with Crippen molar-refractivity contribution in [3.63, 3.8) is 0 Å². The molecule has 0 radical (unpaired) electrons. The minimum absolute atomic E-state index is 0.431. The zero-order valence-electron chi connectivity index (χ0n) is 13.0. The van der Waals surface area contributed by atoms with Gasteiger partial charge in [0.05, 0.1) is 5.92 Å². The molecule has 0 amide bonds. The van der Waals surface area contributed by atoms with Gasteiger partial charge in [-0.1, -0.05) is 12.1 Å². The van der Waals surface area contributed by atoms with Crippen molar-refractivity contribution in [2.24, 2.45) is 11.8 Å². The standard InChI is InChI=1S/C18H16O5/c1-7-6-11-10-4-5-18(22,14-13(10)16(20)23-17(14)21)15(19)12(11)9(3)8(7)2/h4-6,10,13-14,22H,1-3H3. The minimum atomic E-state index is -2.01. The molecule has 5 heteroatoms. The predicted molar refractivity (Wildman–Crippen MR) is 79.9 cm³/mol. The smallest absolute Gasteiger partial charge is 0.321 e. The summed E-state index contributed by atoms with van der Waals surface area (Å²) in [5.41, 5.74) is 1.89. The maximum atomic E-state index is 13.1. The Morgan fingerprint density at radius 3 is 2.48 bits per heavy atom. The van der Waals surface area contributed by atoms with Crippen LogP contribution in [0.2, 0.25) is 0 Å². The Labute approximate surface area is 132 Å².